The minimum atomic E-state index is -0.337. The van der Waals surface area contributed by atoms with Gasteiger partial charge in [0.25, 0.3) is 5.91 Å². The number of piperidine rings is 1. The summed E-state index contributed by atoms with van der Waals surface area (Å²) in [6.45, 7) is 3.51. The van der Waals surface area contributed by atoms with Gasteiger partial charge in [0.1, 0.15) is 23.6 Å². The number of nitrogens with one attached hydrogen (secondary N) is 1. The second-order valence-corrected chi connectivity index (χ2v) is 7.14. The van der Waals surface area contributed by atoms with Crippen LogP contribution in [0.15, 0.2) is 42.9 Å². The summed E-state index contributed by atoms with van der Waals surface area (Å²) in [7, 11) is 2.02. The normalized spacial score (nSPS) is 20.0. The summed E-state index contributed by atoms with van der Waals surface area (Å²) in [6.07, 6.45) is 4.31. The fourth-order valence-corrected chi connectivity index (χ4v) is 3.81. The molecule has 1 N–H and O–H groups in total. The van der Waals surface area contributed by atoms with Gasteiger partial charge in [-0.2, -0.15) is 0 Å². The molecular formula is C20H22FN5O. The van der Waals surface area contributed by atoms with Gasteiger partial charge < -0.3 is 14.8 Å². The number of amides is 1. The summed E-state index contributed by atoms with van der Waals surface area (Å²) >= 11 is 0. The van der Waals surface area contributed by atoms with E-state index in [0.717, 1.165) is 23.3 Å². The first kappa shape index (κ1) is 17.5. The van der Waals surface area contributed by atoms with Crippen molar-refractivity contribution in [3.8, 4) is 0 Å². The number of benzene rings is 1. The molecular weight excluding hydrogens is 345 g/mol. The molecule has 2 aromatic heterocycles. The highest BCUT2D eigenvalue weighted by Crippen LogP contribution is 2.29. The summed E-state index contributed by atoms with van der Waals surface area (Å²) in [5.74, 6) is 0.871. The predicted octanol–water partition coefficient (Wildman–Crippen LogP) is 3.08. The molecule has 3 heterocycles. The molecule has 2 unspecified atom stereocenters. The lowest BCUT2D eigenvalue weighted by Gasteiger charge is -2.42. The van der Waals surface area contributed by atoms with Crippen molar-refractivity contribution in [1.29, 1.82) is 0 Å². The monoisotopic (exact) mass is 367 g/mol. The van der Waals surface area contributed by atoms with E-state index in [9.17, 15) is 9.18 Å². The zero-order chi connectivity index (χ0) is 19.0. The first-order valence-corrected chi connectivity index (χ1v) is 9.10. The minimum absolute atomic E-state index is 0.0604. The molecule has 1 fully saturated rings. The Morgan fingerprint density at radius 3 is 2.81 bits per heavy atom. The molecule has 140 valence electrons. The Hall–Kier alpha value is -2.96. The van der Waals surface area contributed by atoms with Gasteiger partial charge in [-0.15, -0.1) is 0 Å². The number of fused-ring (bicyclic) bond motifs is 1. The van der Waals surface area contributed by atoms with Gasteiger partial charge in [0.15, 0.2) is 0 Å². The van der Waals surface area contributed by atoms with Gasteiger partial charge in [0.05, 0.1) is 11.4 Å². The van der Waals surface area contributed by atoms with E-state index in [2.05, 4.69) is 26.8 Å². The number of hydrogen-bond donors (Lipinski definition) is 1. The fraction of sp³-hybridized carbons (Fsp3) is 0.350. The maximum Gasteiger partial charge on any atom is 0.253 e. The lowest BCUT2D eigenvalue weighted by atomic mass is 9.91. The van der Waals surface area contributed by atoms with Crippen molar-refractivity contribution >= 4 is 22.8 Å². The van der Waals surface area contributed by atoms with Crippen LogP contribution < -0.4 is 4.90 Å². The number of aromatic amines is 1. The van der Waals surface area contributed by atoms with Crippen LogP contribution in [0.25, 0.3) is 11.0 Å². The second kappa shape index (κ2) is 6.98. The molecule has 1 aliphatic heterocycles. The highest BCUT2D eigenvalue weighted by Gasteiger charge is 2.33. The SMILES string of the molecule is CC1CCN(C(=O)c2ccc(F)cc2)CC1N(C)c1ncnc2[nH]ccc12. The van der Waals surface area contributed by atoms with Gasteiger partial charge in [-0.25, -0.2) is 14.4 Å². The molecule has 0 bridgehead atoms. The van der Waals surface area contributed by atoms with Crippen molar-refractivity contribution < 1.29 is 9.18 Å². The summed E-state index contributed by atoms with van der Waals surface area (Å²) in [4.78, 5) is 28.7. The van der Waals surface area contributed by atoms with Crippen LogP contribution in [0.3, 0.4) is 0 Å². The Bertz CT molecular complexity index is 954. The third-order valence-corrected chi connectivity index (χ3v) is 5.46. The maximum atomic E-state index is 13.2. The standard InChI is InChI=1S/C20H22FN5O/c1-13-8-10-26(20(27)14-3-5-15(21)6-4-14)11-17(13)25(2)19-16-7-9-22-18(16)23-12-24-19/h3-7,9,12-13,17H,8,10-11H2,1-2H3,(H,22,23,24). The van der Waals surface area contributed by atoms with Crippen LogP contribution in [-0.4, -0.2) is 51.9 Å². The number of carbonyl (C=O) groups excluding carboxylic acids is 1. The van der Waals surface area contributed by atoms with Crippen LogP contribution in [-0.2, 0) is 0 Å². The third kappa shape index (κ3) is 3.25. The van der Waals surface area contributed by atoms with E-state index >= 15 is 0 Å². The molecule has 3 aromatic rings. The molecule has 0 spiro atoms. The molecule has 1 aromatic carbocycles. The van der Waals surface area contributed by atoms with E-state index in [1.165, 1.54) is 12.1 Å². The number of anilines is 1. The van der Waals surface area contributed by atoms with Gasteiger partial charge in [-0.1, -0.05) is 6.92 Å². The van der Waals surface area contributed by atoms with Crippen molar-refractivity contribution in [3.05, 3.63) is 54.2 Å². The Labute approximate surface area is 157 Å². The first-order chi connectivity index (χ1) is 13.0. The molecule has 2 atom stereocenters. The average Bonchev–Trinajstić information content (AvgIpc) is 3.17. The molecule has 27 heavy (non-hydrogen) atoms. The first-order valence-electron chi connectivity index (χ1n) is 9.10. The summed E-state index contributed by atoms with van der Waals surface area (Å²) in [5.41, 5.74) is 1.32. The van der Waals surface area contributed by atoms with Gasteiger partial charge in [0.2, 0.25) is 0 Å². The number of carbonyl (C=O) groups is 1. The predicted molar refractivity (Wildman–Crippen MR) is 102 cm³/mol. The maximum absolute atomic E-state index is 13.2. The molecule has 6 nitrogen and oxygen atoms in total. The number of likely N-dealkylation sites (N-methyl/N-ethyl adjacent to an activating group) is 1. The van der Waals surface area contributed by atoms with E-state index in [1.54, 1.807) is 18.5 Å². The number of H-pyrrole nitrogens is 1. The van der Waals surface area contributed by atoms with Crippen LogP contribution in [0.1, 0.15) is 23.7 Å². The van der Waals surface area contributed by atoms with Crippen molar-refractivity contribution in [2.45, 2.75) is 19.4 Å². The third-order valence-electron chi connectivity index (χ3n) is 5.46. The Morgan fingerprint density at radius 1 is 1.26 bits per heavy atom. The zero-order valence-electron chi connectivity index (χ0n) is 15.4. The van der Waals surface area contributed by atoms with E-state index in [1.807, 2.05) is 24.2 Å². The van der Waals surface area contributed by atoms with Crippen molar-refractivity contribution in [3.63, 3.8) is 0 Å². The Balaban J connectivity index is 1.58. The number of nitrogens with zero attached hydrogens (tertiary/aromatic N) is 4. The van der Waals surface area contributed by atoms with Gasteiger partial charge in [-0.05, 0) is 42.7 Å². The smallest absolute Gasteiger partial charge is 0.253 e. The Morgan fingerprint density at radius 2 is 2.04 bits per heavy atom. The molecule has 1 saturated heterocycles. The van der Waals surface area contributed by atoms with Crippen LogP contribution in [0.2, 0.25) is 0 Å². The zero-order valence-corrected chi connectivity index (χ0v) is 15.4. The summed E-state index contributed by atoms with van der Waals surface area (Å²) in [5, 5.41) is 0.967. The largest absolute Gasteiger partial charge is 0.354 e. The van der Waals surface area contributed by atoms with Gasteiger partial charge in [0, 0.05) is 31.9 Å². The lowest BCUT2D eigenvalue weighted by Crippen LogP contribution is -2.52. The molecule has 1 amide bonds. The van der Waals surface area contributed by atoms with Crippen molar-refractivity contribution in [2.75, 3.05) is 25.0 Å². The lowest BCUT2D eigenvalue weighted by molar-refractivity contribution is 0.0670. The molecule has 4 rings (SSSR count). The van der Waals surface area contributed by atoms with Crippen LogP contribution in [0, 0.1) is 11.7 Å². The highest BCUT2D eigenvalue weighted by atomic mass is 19.1. The second-order valence-electron chi connectivity index (χ2n) is 7.14. The summed E-state index contributed by atoms with van der Waals surface area (Å²) in [6, 6.07) is 7.84. The highest BCUT2D eigenvalue weighted by molar-refractivity contribution is 5.94. The molecule has 0 radical (unpaired) electrons. The van der Waals surface area contributed by atoms with Crippen molar-refractivity contribution in [1.82, 2.24) is 19.9 Å². The van der Waals surface area contributed by atoms with E-state index in [-0.39, 0.29) is 17.8 Å². The van der Waals surface area contributed by atoms with Crippen LogP contribution in [0.5, 0.6) is 0 Å². The van der Waals surface area contributed by atoms with Crippen LogP contribution >= 0.6 is 0 Å². The minimum Gasteiger partial charge on any atom is -0.354 e. The van der Waals surface area contributed by atoms with Gasteiger partial charge >= 0.3 is 0 Å². The van der Waals surface area contributed by atoms with Crippen LogP contribution in [0.4, 0.5) is 10.2 Å². The molecule has 1 aliphatic rings. The number of rotatable bonds is 3. The average molecular weight is 367 g/mol. The van der Waals surface area contributed by atoms with E-state index in [0.29, 0.717) is 24.6 Å². The van der Waals surface area contributed by atoms with E-state index in [4.69, 9.17) is 0 Å². The fourth-order valence-electron chi connectivity index (χ4n) is 3.81. The summed E-state index contributed by atoms with van der Waals surface area (Å²) < 4.78 is 13.2. The molecule has 7 heteroatoms. The number of halogens is 1. The van der Waals surface area contributed by atoms with E-state index < -0.39 is 0 Å². The number of likely N-dealkylation sites (tertiary alicyclic amines) is 1. The molecule has 0 saturated carbocycles. The molecule has 0 aliphatic carbocycles. The number of aromatic nitrogens is 3. The number of hydrogen-bond acceptors (Lipinski definition) is 4. The Kier molecular flexibility index (Phi) is 4.51. The topological polar surface area (TPSA) is 65.1 Å². The quantitative estimate of drug-likeness (QED) is 0.773. The van der Waals surface area contributed by atoms with Gasteiger partial charge in [-0.3, -0.25) is 4.79 Å². The van der Waals surface area contributed by atoms with Crippen molar-refractivity contribution in [2.24, 2.45) is 5.92 Å².